The van der Waals surface area contributed by atoms with Gasteiger partial charge in [0.25, 0.3) is 0 Å². The average molecular weight is 359 g/mol. The van der Waals surface area contributed by atoms with Crippen LogP contribution in [0.4, 0.5) is 0 Å². The normalized spacial score (nSPS) is 12.4. The van der Waals surface area contributed by atoms with E-state index in [1.165, 1.54) is 6.26 Å². The van der Waals surface area contributed by atoms with E-state index in [0.717, 1.165) is 5.69 Å². The van der Waals surface area contributed by atoms with Crippen molar-refractivity contribution < 1.29 is 12.8 Å². The molecule has 0 bridgehead atoms. The van der Waals surface area contributed by atoms with Gasteiger partial charge in [0.05, 0.1) is 30.4 Å². The number of rotatable bonds is 5. The van der Waals surface area contributed by atoms with Gasteiger partial charge in [-0.15, -0.1) is 0 Å². The maximum absolute atomic E-state index is 12.8. The molecular weight excluding hydrogens is 338 g/mol. The molecule has 1 N–H and O–H groups in total. The summed E-state index contributed by atoms with van der Waals surface area (Å²) in [6.07, 6.45) is 3.07. The molecule has 3 aromatic rings. The molecule has 2 aromatic heterocycles. The summed E-state index contributed by atoms with van der Waals surface area (Å²) < 4.78 is 35.0. The van der Waals surface area contributed by atoms with Gasteiger partial charge < -0.3 is 4.42 Å². The summed E-state index contributed by atoms with van der Waals surface area (Å²) in [6, 6.07) is 12.9. The van der Waals surface area contributed by atoms with Gasteiger partial charge in [-0.2, -0.15) is 5.10 Å². The number of furan rings is 1. The van der Waals surface area contributed by atoms with E-state index in [4.69, 9.17) is 4.42 Å². The number of aromatic nitrogens is 2. The lowest BCUT2D eigenvalue weighted by atomic mass is 9.92. The third-order valence-electron chi connectivity index (χ3n) is 3.72. The Labute approximate surface area is 147 Å². The van der Waals surface area contributed by atoms with Crippen LogP contribution in [0.5, 0.6) is 0 Å². The fraction of sp³-hybridized carbons (Fsp3) is 0.278. The van der Waals surface area contributed by atoms with Crippen molar-refractivity contribution in [2.24, 2.45) is 0 Å². The molecule has 0 aliphatic carbocycles. The lowest BCUT2D eigenvalue weighted by Crippen LogP contribution is -2.26. The molecule has 0 spiro atoms. The monoisotopic (exact) mass is 359 g/mol. The molecular formula is C18H21N3O3S. The molecule has 1 aromatic carbocycles. The van der Waals surface area contributed by atoms with E-state index in [1.807, 2.05) is 51.1 Å². The summed E-state index contributed by atoms with van der Waals surface area (Å²) in [6.45, 7) is 5.91. The van der Waals surface area contributed by atoms with Crippen LogP contribution in [0, 0.1) is 0 Å². The zero-order valence-corrected chi connectivity index (χ0v) is 15.2. The Morgan fingerprint density at radius 2 is 1.84 bits per heavy atom. The van der Waals surface area contributed by atoms with Crippen LogP contribution in [0.2, 0.25) is 0 Å². The SMILES string of the molecule is CC(C)(C)c1nn(-c2ccccc2)cc1S(=O)(=O)NCc1ccco1. The second-order valence-corrected chi connectivity index (χ2v) is 8.51. The molecule has 0 unspecified atom stereocenters. The van der Waals surface area contributed by atoms with Crippen molar-refractivity contribution in [2.45, 2.75) is 37.6 Å². The second-order valence-electron chi connectivity index (χ2n) is 6.78. The number of para-hydroxylation sites is 1. The fourth-order valence-corrected chi connectivity index (χ4v) is 3.77. The molecule has 2 heterocycles. The van der Waals surface area contributed by atoms with E-state index in [0.29, 0.717) is 11.5 Å². The topological polar surface area (TPSA) is 77.1 Å². The summed E-state index contributed by atoms with van der Waals surface area (Å²) in [4.78, 5) is 0.176. The van der Waals surface area contributed by atoms with E-state index in [9.17, 15) is 8.42 Å². The van der Waals surface area contributed by atoms with Crippen LogP contribution in [0.1, 0.15) is 32.2 Å². The van der Waals surface area contributed by atoms with Gasteiger partial charge in [0.15, 0.2) is 0 Å². The quantitative estimate of drug-likeness (QED) is 0.759. The Morgan fingerprint density at radius 3 is 2.44 bits per heavy atom. The van der Waals surface area contributed by atoms with Gasteiger partial charge in [-0.1, -0.05) is 39.0 Å². The molecule has 0 aliphatic heterocycles. The number of nitrogens with one attached hydrogen (secondary N) is 1. The molecule has 25 heavy (non-hydrogen) atoms. The molecule has 132 valence electrons. The van der Waals surface area contributed by atoms with Gasteiger partial charge in [-0.3, -0.25) is 0 Å². The summed E-state index contributed by atoms with van der Waals surface area (Å²) in [5.74, 6) is 0.552. The van der Waals surface area contributed by atoms with E-state index in [2.05, 4.69) is 9.82 Å². The van der Waals surface area contributed by atoms with E-state index < -0.39 is 15.4 Å². The molecule has 3 rings (SSSR count). The van der Waals surface area contributed by atoms with Gasteiger partial charge in [-0.05, 0) is 24.3 Å². The van der Waals surface area contributed by atoms with Crippen LogP contribution in [0.3, 0.4) is 0 Å². The smallest absolute Gasteiger partial charge is 0.244 e. The van der Waals surface area contributed by atoms with Gasteiger partial charge in [0.2, 0.25) is 10.0 Å². The molecule has 0 fully saturated rings. The maximum atomic E-state index is 12.8. The predicted octanol–water partition coefficient (Wildman–Crippen LogP) is 3.24. The number of sulfonamides is 1. The highest BCUT2D eigenvalue weighted by Gasteiger charge is 2.30. The summed E-state index contributed by atoms with van der Waals surface area (Å²) >= 11 is 0. The first kappa shape index (κ1) is 17.4. The van der Waals surface area contributed by atoms with Crippen LogP contribution < -0.4 is 4.72 Å². The number of hydrogen-bond donors (Lipinski definition) is 1. The fourth-order valence-electron chi connectivity index (χ4n) is 2.44. The van der Waals surface area contributed by atoms with Crippen LogP contribution in [0.15, 0.2) is 64.2 Å². The van der Waals surface area contributed by atoms with Crippen molar-refractivity contribution >= 4 is 10.0 Å². The minimum Gasteiger partial charge on any atom is -0.468 e. The molecule has 0 amide bonds. The highest BCUT2D eigenvalue weighted by Crippen LogP contribution is 2.28. The lowest BCUT2D eigenvalue weighted by Gasteiger charge is -2.17. The summed E-state index contributed by atoms with van der Waals surface area (Å²) in [7, 11) is -3.73. The zero-order valence-electron chi connectivity index (χ0n) is 14.4. The maximum Gasteiger partial charge on any atom is 0.244 e. The number of hydrogen-bond acceptors (Lipinski definition) is 4. The van der Waals surface area contributed by atoms with Crippen LogP contribution in [0.25, 0.3) is 5.69 Å². The zero-order chi connectivity index (χ0) is 18.1. The van der Waals surface area contributed by atoms with Crippen molar-refractivity contribution in [3.63, 3.8) is 0 Å². The number of benzene rings is 1. The Hall–Kier alpha value is -2.38. The van der Waals surface area contributed by atoms with Crippen LogP contribution >= 0.6 is 0 Å². The first-order valence-electron chi connectivity index (χ1n) is 7.95. The first-order valence-corrected chi connectivity index (χ1v) is 9.43. The summed E-state index contributed by atoms with van der Waals surface area (Å²) in [5, 5.41) is 4.54. The minimum atomic E-state index is -3.73. The van der Waals surface area contributed by atoms with E-state index in [1.54, 1.807) is 23.0 Å². The van der Waals surface area contributed by atoms with Crippen molar-refractivity contribution in [3.8, 4) is 5.69 Å². The third kappa shape index (κ3) is 3.83. The van der Waals surface area contributed by atoms with Gasteiger partial charge in [-0.25, -0.2) is 17.8 Å². The first-order chi connectivity index (χ1) is 11.8. The average Bonchev–Trinajstić information content (AvgIpc) is 3.23. The van der Waals surface area contributed by atoms with Gasteiger partial charge in [0, 0.05) is 5.41 Å². The number of nitrogens with zero attached hydrogens (tertiary/aromatic N) is 2. The van der Waals surface area contributed by atoms with Crippen molar-refractivity contribution in [3.05, 3.63) is 66.4 Å². The second kappa shape index (κ2) is 6.50. The summed E-state index contributed by atoms with van der Waals surface area (Å²) in [5.41, 5.74) is 0.901. The van der Waals surface area contributed by atoms with E-state index >= 15 is 0 Å². The lowest BCUT2D eigenvalue weighted by molar-refractivity contribution is 0.497. The van der Waals surface area contributed by atoms with Crippen molar-refractivity contribution in [1.82, 2.24) is 14.5 Å². The highest BCUT2D eigenvalue weighted by molar-refractivity contribution is 7.89. The van der Waals surface area contributed by atoms with Gasteiger partial charge in [0.1, 0.15) is 10.7 Å². The Kier molecular flexibility index (Phi) is 4.53. The van der Waals surface area contributed by atoms with Crippen molar-refractivity contribution in [1.29, 1.82) is 0 Å². The van der Waals surface area contributed by atoms with Crippen molar-refractivity contribution in [2.75, 3.05) is 0 Å². The molecule has 0 aliphatic rings. The Morgan fingerprint density at radius 1 is 1.12 bits per heavy atom. The molecule has 7 heteroatoms. The molecule has 0 saturated carbocycles. The Balaban J connectivity index is 2.00. The van der Waals surface area contributed by atoms with E-state index in [-0.39, 0.29) is 11.4 Å². The highest BCUT2D eigenvalue weighted by atomic mass is 32.2. The predicted molar refractivity (Wildman–Crippen MR) is 95.0 cm³/mol. The molecule has 0 atom stereocenters. The standard InChI is InChI=1S/C18H21N3O3S/c1-18(2,3)17-16(13-21(20-17)14-8-5-4-6-9-14)25(22,23)19-12-15-10-7-11-24-15/h4-11,13,19H,12H2,1-3H3. The molecule has 0 radical (unpaired) electrons. The molecule has 6 nitrogen and oxygen atoms in total. The van der Waals surface area contributed by atoms with Crippen LogP contribution in [-0.4, -0.2) is 18.2 Å². The van der Waals surface area contributed by atoms with Gasteiger partial charge >= 0.3 is 0 Å². The Bertz CT molecular complexity index is 937. The molecule has 0 saturated heterocycles. The van der Waals surface area contributed by atoms with Crippen LogP contribution in [-0.2, 0) is 22.0 Å². The minimum absolute atomic E-state index is 0.0927. The largest absolute Gasteiger partial charge is 0.468 e. The third-order valence-corrected chi connectivity index (χ3v) is 5.12.